The molecule has 23 heavy (non-hydrogen) atoms. The summed E-state index contributed by atoms with van der Waals surface area (Å²) >= 11 is 0. The molecule has 2 rings (SSSR count). The van der Waals surface area contributed by atoms with Crippen molar-refractivity contribution in [1.82, 2.24) is 20.5 Å². The topological polar surface area (TPSA) is 61.8 Å². The highest BCUT2D eigenvalue weighted by Crippen LogP contribution is 2.04. The molecule has 0 bridgehead atoms. The molecule has 128 valence electrons. The molecular weight excluding hydrogens is 290 g/mol. The van der Waals surface area contributed by atoms with Gasteiger partial charge >= 0.3 is 0 Å². The molecule has 0 aliphatic carbocycles. The number of aryl methyl sites for hydroxylation is 1. The van der Waals surface area contributed by atoms with Gasteiger partial charge < -0.3 is 15.4 Å². The zero-order chi connectivity index (χ0) is 16.3. The zero-order valence-electron chi connectivity index (χ0n) is 14.3. The lowest BCUT2D eigenvalue weighted by atomic mass is 10.2. The Kier molecular flexibility index (Phi) is 7.83. The summed E-state index contributed by atoms with van der Waals surface area (Å²) in [4.78, 5) is 11.5. The third-order valence-corrected chi connectivity index (χ3v) is 3.90. The monoisotopic (exact) mass is 319 g/mol. The zero-order valence-corrected chi connectivity index (χ0v) is 14.3. The van der Waals surface area contributed by atoms with Gasteiger partial charge in [0, 0.05) is 32.4 Å². The van der Waals surface area contributed by atoms with Crippen LogP contribution in [0.25, 0.3) is 0 Å². The lowest BCUT2D eigenvalue weighted by Crippen LogP contribution is -2.40. The number of aliphatic imine (C=N–C) groups is 1. The van der Waals surface area contributed by atoms with Crippen molar-refractivity contribution in [2.45, 2.75) is 26.8 Å². The van der Waals surface area contributed by atoms with Crippen LogP contribution in [0.5, 0.6) is 0 Å². The maximum absolute atomic E-state index is 5.37. The van der Waals surface area contributed by atoms with Crippen molar-refractivity contribution in [2.24, 2.45) is 4.99 Å². The van der Waals surface area contributed by atoms with Gasteiger partial charge in [0.05, 0.1) is 25.5 Å². The Morgan fingerprint density at radius 1 is 1.35 bits per heavy atom. The van der Waals surface area contributed by atoms with Crippen LogP contribution in [0.4, 0.5) is 0 Å². The van der Waals surface area contributed by atoms with E-state index >= 15 is 0 Å². The summed E-state index contributed by atoms with van der Waals surface area (Å²) in [6.07, 6.45) is 2.92. The number of morpholine rings is 1. The lowest BCUT2D eigenvalue weighted by Gasteiger charge is -2.26. The van der Waals surface area contributed by atoms with Gasteiger partial charge in [0.15, 0.2) is 5.96 Å². The largest absolute Gasteiger partial charge is 0.379 e. The number of guanidine groups is 1. The van der Waals surface area contributed by atoms with Gasteiger partial charge in [-0.3, -0.25) is 9.88 Å². The van der Waals surface area contributed by atoms with Crippen LogP contribution in [-0.2, 0) is 11.3 Å². The van der Waals surface area contributed by atoms with E-state index in [0.29, 0.717) is 6.54 Å². The first kappa shape index (κ1) is 17.7. The summed E-state index contributed by atoms with van der Waals surface area (Å²) in [5, 5.41) is 6.69. The minimum absolute atomic E-state index is 0.603. The number of aromatic nitrogens is 1. The van der Waals surface area contributed by atoms with Crippen LogP contribution in [-0.4, -0.2) is 61.8 Å². The molecule has 1 saturated heterocycles. The molecule has 1 aliphatic heterocycles. The first-order valence-electron chi connectivity index (χ1n) is 8.52. The van der Waals surface area contributed by atoms with Gasteiger partial charge in [-0.2, -0.15) is 0 Å². The molecule has 1 aliphatic rings. The van der Waals surface area contributed by atoms with Gasteiger partial charge in [0.2, 0.25) is 0 Å². The van der Waals surface area contributed by atoms with Crippen molar-refractivity contribution in [3.05, 3.63) is 29.6 Å². The van der Waals surface area contributed by atoms with E-state index in [1.807, 2.05) is 12.3 Å². The molecule has 2 heterocycles. The first-order valence-corrected chi connectivity index (χ1v) is 8.52. The summed E-state index contributed by atoms with van der Waals surface area (Å²) in [5.74, 6) is 0.861. The SMILES string of the molecule is CCNC(=NCc1ncccc1C)NCCCN1CCOCC1. The van der Waals surface area contributed by atoms with Crippen molar-refractivity contribution in [1.29, 1.82) is 0 Å². The highest BCUT2D eigenvalue weighted by Gasteiger charge is 2.09. The van der Waals surface area contributed by atoms with Gasteiger partial charge in [0.1, 0.15) is 0 Å². The Balaban J connectivity index is 1.74. The summed E-state index contributed by atoms with van der Waals surface area (Å²) in [5.41, 5.74) is 2.21. The molecule has 1 aromatic rings. The normalized spacial score (nSPS) is 16.3. The van der Waals surface area contributed by atoms with E-state index in [4.69, 9.17) is 4.74 Å². The number of ether oxygens (including phenoxy) is 1. The highest BCUT2D eigenvalue weighted by molar-refractivity contribution is 5.79. The Hall–Kier alpha value is -1.66. The van der Waals surface area contributed by atoms with Crippen LogP contribution in [0.15, 0.2) is 23.3 Å². The number of nitrogens with one attached hydrogen (secondary N) is 2. The molecule has 0 atom stereocenters. The van der Waals surface area contributed by atoms with E-state index in [1.165, 1.54) is 5.56 Å². The minimum atomic E-state index is 0.603. The van der Waals surface area contributed by atoms with Gasteiger partial charge in [-0.25, -0.2) is 4.99 Å². The number of rotatable bonds is 7. The van der Waals surface area contributed by atoms with Crippen LogP contribution in [0, 0.1) is 6.92 Å². The maximum atomic E-state index is 5.37. The predicted molar refractivity (Wildman–Crippen MR) is 93.7 cm³/mol. The average Bonchev–Trinajstić information content (AvgIpc) is 2.58. The van der Waals surface area contributed by atoms with E-state index in [0.717, 1.165) is 64.0 Å². The molecule has 0 saturated carbocycles. The van der Waals surface area contributed by atoms with Gasteiger partial charge in [0.25, 0.3) is 0 Å². The Labute approximate surface area is 139 Å². The number of pyridine rings is 1. The molecule has 1 aromatic heterocycles. The Morgan fingerprint density at radius 3 is 2.91 bits per heavy atom. The molecule has 6 heteroatoms. The van der Waals surface area contributed by atoms with E-state index < -0.39 is 0 Å². The molecule has 0 radical (unpaired) electrons. The minimum Gasteiger partial charge on any atom is -0.379 e. The first-order chi connectivity index (χ1) is 11.3. The van der Waals surface area contributed by atoms with Crippen LogP contribution < -0.4 is 10.6 Å². The fourth-order valence-electron chi connectivity index (χ4n) is 2.51. The molecule has 2 N–H and O–H groups in total. The van der Waals surface area contributed by atoms with E-state index in [1.54, 1.807) is 0 Å². The van der Waals surface area contributed by atoms with Crippen molar-refractivity contribution in [3.8, 4) is 0 Å². The number of nitrogens with zero attached hydrogens (tertiary/aromatic N) is 3. The van der Waals surface area contributed by atoms with Crippen molar-refractivity contribution in [3.63, 3.8) is 0 Å². The molecule has 0 unspecified atom stereocenters. The summed E-state index contributed by atoms with van der Waals surface area (Å²) in [6.45, 7) is 11.5. The smallest absolute Gasteiger partial charge is 0.191 e. The van der Waals surface area contributed by atoms with Crippen LogP contribution >= 0.6 is 0 Å². The molecule has 0 amide bonds. The maximum Gasteiger partial charge on any atom is 0.191 e. The fourth-order valence-corrected chi connectivity index (χ4v) is 2.51. The average molecular weight is 319 g/mol. The second-order valence-corrected chi connectivity index (χ2v) is 5.70. The van der Waals surface area contributed by atoms with Gasteiger partial charge in [-0.05, 0) is 38.4 Å². The molecular formula is C17H29N5O. The van der Waals surface area contributed by atoms with Crippen molar-refractivity contribution >= 4 is 5.96 Å². The van der Waals surface area contributed by atoms with E-state index in [-0.39, 0.29) is 0 Å². The van der Waals surface area contributed by atoms with Crippen molar-refractivity contribution < 1.29 is 4.74 Å². The summed E-state index contributed by atoms with van der Waals surface area (Å²) in [6, 6.07) is 4.03. The number of hydrogen-bond acceptors (Lipinski definition) is 4. The Morgan fingerprint density at radius 2 is 2.17 bits per heavy atom. The van der Waals surface area contributed by atoms with E-state index in [2.05, 4.69) is 45.4 Å². The van der Waals surface area contributed by atoms with Crippen LogP contribution in [0.2, 0.25) is 0 Å². The second kappa shape index (κ2) is 10.2. The molecule has 6 nitrogen and oxygen atoms in total. The lowest BCUT2D eigenvalue weighted by molar-refractivity contribution is 0.0376. The standard InChI is InChI=1S/C17H29N5O/c1-3-18-17(21-14-16-15(2)6-4-7-19-16)20-8-5-9-22-10-12-23-13-11-22/h4,6-7H,3,5,8-14H2,1-2H3,(H2,18,20,21). The molecule has 0 aromatic carbocycles. The van der Waals surface area contributed by atoms with Gasteiger partial charge in [-0.15, -0.1) is 0 Å². The molecule has 0 spiro atoms. The summed E-state index contributed by atoms with van der Waals surface area (Å²) < 4.78 is 5.37. The van der Waals surface area contributed by atoms with E-state index in [9.17, 15) is 0 Å². The predicted octanol–water partition coefficient (Wildman–Crippen LogP) is 1.17. The third-order valence-electron chi connectivity index (χ3n) is 3.90. The Bertz CT molecular complexity index is 486. The van der Waals surface area contributed by atoms with Gasteiger partial charge in [-0.1, -0.05) is 6.07 Å². The quantitative estimate of drug-likeness (QED) is 0.449. The van der Waals surface area contributed by atoms with Crippen LogP contribution in [0.3, 0.4) is 0 Å². The highest BCUT2D eigenvalue weighted by atomic mass is 16.5. The second-order valence-electron chi connectivity index (χ2n) is 5.70. The number of hydrogen-bond donors (Lipinski definition) is 2. The molecule has 1 fully saturated rings. The fraction of sp³-hybridized carbons (Fsp3) is 0.647. The van der Waals surface area contributed by atoms with Crippen molar-refractivity contribution in [2.75, 3.05) is 45.9 Å². The summed E-state index contributed by atoms with van der Waals surface area (Å²) in [7, 11) is 0. The van der Waals surface area contributed by atoms with Crippen LogP contribution in [0.1, 0.15) is 24.6 Å². The third kappa shape index (κ3) is 6.54.